The number of carbonyl (C=O) groups excluding carboxylic acids is 3. The lowest BCUT2D eigenvalue weighted by Crippen LogP contribution is -2.49. The fraction of sp³-hybridized carbons (Fsp3) is 0.550. The van der Waals surface area contributed by atoms with Crippen LogP contribution in [0.1, 0.15) is 53.0 Å². The van der Waals surface area contributed by atoms with Crippen LogP contribution in [0.15, 0.2) is 30.3 Å². The number of benzene rings is 1. The maximum Gasteiger partial charge on any atom is 0.325 e. The first-order chi connectivity index (χ1) is 12.2. The van der Waals surface area contributed by atoms with Crippen molar-refractivity contribution < 1.29 is 14.4 Å². The molecule has 2 rings (SSSR count). The van der Waals surface area contributed by atoms with Crippen LogP contribution in [0.3, 0.4) is 0 Å². The molecule has 142 valence electrons. The molecule has 1 heterocycles. The van der Waals surface area contributed by atoms with Crippen molar-refractivity contribution in [3.05, 3.63) is 35.9 Å². The van der Waals surface area contributed by atoms with Crippen LogP contribution >= 0.6 is 0 Å². The summed E-state index contributed by atoms with van der Waals surface area (Å²) in [4.78, 5) is 41.3. The monoisotopic (exact) mass is 359 g/mol. The average Bonchev–Trinajstić information content (AvgIpc) is 2.80. The molecule has 1 aliphatic rings. The minimum atomic E-state index is -1.09. The van der Waals surface area contributed by atoms with Crippen LogP contribution in [0.25, 0.3) is 0 Å². The van der Waals surface area contributed by atoms with Gasteiger partial charge in [0.2, 0.25) is 5.91 Å². The van der Waals surface area contributed by atoms with Crippen LogP contribution in [-0.4, -0.2) is 46.3 Å². The molecule has 1 N–H and O–H groups in total. The summed E-state index contributed by atoms with van der Waals surface area (Å²) >= 11 is 0. The van der Waals surface area contributed by atoms with Gasteiger partial charge in [0.15, 0.2) is 0 Å². The van der Waals surface area contributed by atoms with Gasteiger partial charge < -0.3 is 10.2 Å². The lowest BCUT2D eigenvalue weighted by molar-refractivity contribution is -0.141. The maximum atomic E-state index is 13.2. The summed E-state index contributed by atoms with van der Waals surface area (Å²) < 4.78 is 0. The zero-order valence-corrected chi connectivity index (χ0v) is 16.3. The van der Waals surface area contributed by atoms with Gasteiger partial charge in [0.25, 0.3) is 5.91 Å². The van der Waals surface area contributed by atoms with Gasteiger partial charge in [0.1, 0.15) is 12.1 Å². The van der Waals surface area contributed by atoms with Crippen LogP contribution < -0.4 is 5.32 Å². The minimum absolute atomic E-state index is 0.00205. The van der Waals surface area contributed by atoms with Crippen molar-refractivity contribution in [1.29, 1.82) is 0 Å². The Hall–Kier alpha value is -2.37. The summed E-state index contributed by atoms with van der Waals surface area (Å²) in [5.74, 6) is -0.574. The number of amides is 4. The number of hydrogen-bond acceptors (Lipinski definition) is 3. The topological polar surface area (TPSA) is 69.7 Å². The van der Waals surface area contributed by atoms with Crippen LogP contribution in [0.4, 0.5) is 4.79 Å². The van der Waals surface area contributed by atoms with Crippen LogP contribution in [0.5, 0.6) is 0 Å². The summed E-state index contributed by atoms with van der Waals surface area (Å²) in [7, 11) is 0. The molecule has 0 radical (unpaired) electrons. The molecule has 4 amide bonds. The van der Waals surface area contributed by atoms with Crippen molar-refractivity contribution in [2.24, 2.45) is 0 Å². The Morgan fingerprint density at radius 2 is 1.69 bits per heavy atom. The van der Waals surface area contributed by atoms with E-state index in [4.69, 9.17) is 0 Å². The predicted molar refractivity (Wildman–Crippen MR) is 100 cm³/mol. The molecule has 1 saturated heterocycles. The first kappa shape index (κ1) is 19.9. The Kier molecular flexibility index (Phi) is 6.05. The Bertz CT molecular complexity index is 664. The van der Waals surface area contributed by atoms with Gasteiger partial charge in [-0.3, -0.25) is 14.5 Å². The van der Waals surface area contributed by atoms with Gasteiger partial charge >= 0.3 is 6.03 Å². The lowest BCUT2D eigenvalue weighted by atomic mass is 9.85. The standard InChI is InChI=1S/C20H29N3O3/c1-6-12-20(16-10-8-7-9-11-16)18(25)22(19(26)21-20)13-17(24)23(14(2)3)15(4)5/h7-11,14-15H,6,12-13H2,1-5H3,(H,21,26)/t20-/m0/s1. The fourth-order valence-corrected chi connectivity index (χ4v) is 3.77. The molecule has 1 fully saturated rings. The molecule has 6 nitrogen and oxygen atoms in total. The van der Waals surface area contributed by atoms with Gasteiger partial charge in [-0.2, -0.15) is 0 Å². The van der Waals surface area contributed by atoms with Crippen molar-refractivity contribution >= 4 is 17.8 Å². The van der Waals surface area contributed by atoms with E-state index < -0.39 is 11.6 Å². The van der Waals surface area contributed by atoms with E-state index in [-0.39, 0.29) is 30.4 Å². The average molecular weight is 359 g/mol. The van der Waals surface area contributed by atoms with Gasteiger partial charge in [-0.25, -0.2) is 4.79 Å². The lowest BCUT2D eigenvalue weighted by Gasteiger charge is -2.32. The Morgan fingerprint density at radius 3 is 2.19 bits per heavy atom. The third kappa shape index (κ3) is 3.59. The molecule has 26 heavy (non-hydrogen) atoms. The molecule has 0 bridgehead atoms. The maximum absolute atomic E-state index is 13.2. The highest BCUT2D eigenvalue weighted by Crippen LogP contribution is 2.33. The summed E-state index contributed by atoms with van der Waals surface area (Å²) in [6, 6.07) is 8.73. The molecule has 0 aromatic heterocycles. The number of urea groups is 1. The van der Waals surface area contributed by atoms with E-state index in [2.05, 4.69) is 5.32 Å². The second-order valence-corrected chi connectivity index (χ2v) is 7.33. The van der Waals surface area contributed by atoms with Gasteiger partial charge in [-0.1, -0.05) is 43.7 Å². The van der Waals surface area contributed by atoms with Gasteiger partial charge in [0.05, 0.1) is 0 Å². The number of hydrogen-bond donors (Lipinski definition) is 1. The molecular weight excluding hydrogens is 330 g/mol. The Balaban J connectivity index is 2.31. The van der Waals surface area contributed by atoms with Gasteiger partial charge in [-0.05, 0) is 39.7 Å². The van der Waals surface area contributed by atoms with Gasteiger partial charge in [-0.15, -0.1) is 0 Å². The van der Waals surface area contributed by atoms with Crippen molar-refractivity contribution in [2.75, 3.05) is 6.54 Å². The number of nitrogens with zero attached hydrogens (tertiary/aromatic N) is 2. The van der Waals surface area contributed by atoms with Crippen molar-refractivity contribution in [3.63, 3.8) is 0 Å². The Labute approximate surface area is 155 Å². The van der Waals surface area contributed by atoms with Crippen molar-refractivity contribution in [1.82, 2.24) is 15.1 Å². The molecule has 6 heteroatoms. The van der Waals surface area contributed by atoms with E-state index >= 15 is 0 Å². The smallest absolute Gasteiger partial charge is 0.325 e. The summed E-state index contributed by atoms with van der Waals surface area (Å²) in [5.41, 5.74) is -0.340. The molecule has 0 aliphatic carbocycles. The molecule has 0 saturated carbocycles. The minimum Gasteiger partial charge on any atom is -0.336 e. The number of imide groups is 1. The van der Waals surface area contributed by atoms with E-state index in [9.17, 15) is 14.4 Å². The third-order valence-electron chi connectivity index (χ3n) is 4.76. The van der Waals surface area contributed by atoms with Crippen LogP contribution in [0, 0.1) is 0 Å². The zero-order valence-electron chi connectivity index (χ0n) is 16.3. The SMILES string of the molecule is CCC[C@@]1(c2ccccc2)NC(=O)N(CC(=O)N(C(C)C)C(C)C)C1=O. The van der Waals surface area contributed by atoms with Crippen molar-refractivity contribution in [3.8, 4) is 0 Å². The van der Waals surface area contributed by atoms with E-state index in [0.29, 0.717) is 6.42 Å². The summed E-state index contributed by atoms with van der Waals surface area (Å²) in [6.07, 6.45) is 1.22. The third-order valence-corrected chi connectivity index (χ3v) is 4.76. The second-order valence-electron chi connectivity index (χ2n) is 7.33. The van der Waals surface area contributed by atoms with E-state index in [0.717, 1.165) is 16.9 Å². The quantitative estimate of drug-likeness (QED) is 0.761. The Morgan fingerprint density at radius 1 is 1.12 bits per heavy atom. The van der Waals surface area contributed by atoms with Crippen LogP contribution in [0.2, 0.25) is 0 Å². The molecule has 1 atom stereocenters. The summed E-state index contributed by atoms with van der Waals surface area (Å²) in [6.45, 7) is 9.44. The van der Waals surface area contributed by atoms with Crippen molar-refractivity contribution in [2.45, 2.75) is 65.1 Å². The largest absolute Gasteiger partial charge is 0.336 e. The number of rotatable bonds is 7. The zero-order chi connectivity index (χ0) is 19.5. The number of carbonyl (C=O) groups is 3. The first-order valence-corrected chi connectivity index (χ1v) is 9.25. The molecule has 1 aromatic rings. The second kappa shape index (κ2) is 7.89. The molecule has 0 unspecified atom stereocenters. The molecule has 1 aliphatic heterocycles. The highest BCUT2D eigenvalue weighted by Gasteiger charge is 2.52. The van der Waals surface area contributed by atoms with E-state index in [1.807, 2.05) is 65.0 Å². The van der Waals surface area contributed by atoms with E-state index in [1.54, 1.807) is 4.90 Å². The highest BCUT2D eigenvalue weighted by atomic mass is 16.2. The van der Waals surface area contributed by atoms with E-state index in [1.165, 1.54) is 0 Å². The molecular formula is C20H29N3O3. The molecule has 0 spiro atoms. The summed E-state index contributed by atoms with van der Waals surface area (Å²) in [5, 5.41) is 2.85. The normalized spacial score (nSPS) is 20.0. The predicted octanol–water partition coefficient (Wildman–Crippen LogP) is 2.88. The molecule has 1 aromatic carbocycles. The van der Waals surface area contributed by atoms with Gasteiger partial charge in [0, 0.05) is 12.1 Å². The highest BCUT2D eigenvalue weighted by molar-refractivity contribution is 6.09. The number of nitrogens with one attached hydrogen (secondary N) is 1. The fourth-order valence-electron chi connectivity index (χ4n) is 3.77. The van der Waals surface area contributed by atoms with Crippen LogP contribution in [-0.2, 0) is 15.1 Å². The first-order valence-electron chi connectivity index (χ1n) is 9.25.